The quantitative estimate of drug-likeness (QED) is 0.765. The van der Waals surface area contributed by atoms with Crippen molar-refractivity contribution in [3.05, 3.63) is 59.2 Å². The highest BCUT2D eigenvalue weighted by Crippen LogP contribution is 2.32. The highest BCUT2D eigenvalue weighted by Gasteiger charge is 2.22. The van der Waals surface area contributed by atoms with E-state index >= 15 is 0 Å². The van der Waals surface area contributed by atoms with E-state index in [0.29, 0.717) is 12.1 Å². The van der Waals surface area contributed by atoms with Gasteiger partial charge < -0.3 is 4.90 Å². The molecule has 130 valence electrons. The number of carbonyl (C=O) groups excluding carboxylic acids is 1. The average molecular weight is 354 g/mol. The van der Waals surface area contributed by atoms with Gasteiger partial charge in [-0.05, 0) is 43.2 Å². The zero-order valence-electron chi connectivity index (χ0n) is 15.2. The lowest BCUT2D eigenvalue weighted by Gasteiger charge is -2.20. The molecule has 0 saturated carbocycles. The minimum Gasteiger partial charge on any atom is -0.338 e. The van der Waals surface area contributed by atoms with Crippen LogP contribution in [0, 0.1) is 13.8 Å². The Balaban J connectivity index is 2.02. The van der Waals surface area contributed by atoms with Gasteiger partial charge in [0.25, 0.3) is 5.91 Å². The van der Waals surface area contributed by atoms with Crippen molar-refractivity contribution in [3.63, 3.8) is 0 Å². The van der Waals surface area contributed by atoms with Gasteiger partial charge in [-0.25, -0.2) is 4.98 Å². The molecule has 0 saturated heterocycles. The maximum Gasteiger partial charge on any atom is 0.260 e. The summed E-state index contributed by atoms with van der Waals surface area (Å²) in [6, 6.07) is 13.7. The number of benzene rings is 2. The lowest BCUT2D eigenvalue weighted by atomic mass is 10.1. The Hall–Kier alpha value is -2.24. The number of rotatable bonds is 5. The molecule has 1 amide bonds. The van der Waals surface area contributed by atoms with Gasteiger partial charge in [-0.2, -0.15) is 0 Å². The SMILES string of the molecule is Cc1cc(C)c2sc(N(CC[NH+](C)C)C(=O)c3ccccc3)nc2c1. The molecule has 3 rings (SSSR count). The third kappa shape index (κ3) is 3.89. The van der Waals surface area contributed by atoms with E-state index in [-0.39, 0.29) is 5.91 Å². The fourth-order valence-electron chi connectivity index (χ4n) is 2.84. The van der Waals surface area contributed by atoms with E-state index in [1.165, 1.54) is 16.0 Å². The highest BCUT2D eigenvalue weighted by atomic mass is 32.1. The van der Waals surface area contributed by atoms with Gasteiger partial charge in [0, 0.05) is 5.56 Å². The topological polar surface area (TPSA) is 37.6 Å². The Morgan fingerprint density at radius 2 is 1.88 bits per heavy atom. The number of amides is 1. The van der Waals surface area contributed by atoms with Crippen molar-refractivity contribution in [1.29, 1.82) is 0 Å². The van der Waals surface area contributed by atoms with Gasteiger partial charge in [0.05, 0.1) is 37.4 Å². The molecular weight excluding hydrogens is 330 g/mol. The van der Waals surface area contributed by atoms with Crippen molar-refractivity contribution in [2.45, 2.75) is 13.8 Å². The fourth-order valence-corrected chi connectivity index (χ4v) is 3.88. The molecule has 3 aromatic rings. The largest absolute Gasteiger partial charge is 0.338 e. The summed E-state index contributed by atoms with van der Waals surface area (Å²) >= 11 is 1.60. The van der Waals surface area contributed by atoms with Gasteiger partial charge in [-0.15, -0.1) is 0 Å². The Labute approximate surface area is 152 Å². The zero-order chi connectivity index (χ0) is 18.0. The number of hydrogen-bond donors (Lipinski definition) is 1. The van der Waals surface area contributed by atoms with Crippen molar-refractivity contribution in [3.8, 4) is 0 Å². The van der Waals surface area contributed by atoms with Crippen LogP contribution >= 0.6 is 11.3 Å². The number of nitrogens with zero attached hydrogens (tertiary/aromatic N) is 2. The fraction of sp³-hybridized carbons (Fsp3) is 0.300. The lowest BCUT2D eigenvalue weighted by molar-refractivity contribution is -0.856. The number of aryl methyl sites for hydroxylation is 2. The second-order valence-corrected chi connectivity index (χ2v) is 7.68. The predicted molar refractivity (Wildman–Crippen MR) is 105 cm³/mol. The smallest absolute Gasteiger partial charge is 0.260 e. The minimum absolute atomic E-state index is 0.00952. The van der Waals surface area contributed by atoms with Crippen molar-refractivity contribution in [2.24, 2.45) is 0 Å². The minimum atomic E-state index is 0.00952. The van der Waals surface area contributed by atoms with E-state index in [9.17, 15) is 4.79 Å². The standard InChI is InChI=1S/C20H23N3OS/c1-14-12-15(2)18-17(13-14)21-20(25-18)23(11-10-22(3)4)19(24)16-8-6-5-7-9-16/h5-9,12-13H,10-11H2,1-4H3/p+1. The Bertz CT molecular complexity index is 887. The number of aromatic nitrogens is 1. The molecule has 0 aliphatic heterocycles. The molecule has 0 bridgehead atoms. The number of fused-ring (bicyclic) bond motifs is 1. The van der Waals surface area contributed by atoms with Crippen molar-refractivity contribution in [2.75, 3.05) is 32.1 Å². The van der Waals surface area contributed by atoms with E-state index in [1.54, 1.807) is 11.3 Å². The van der Waals surface area contributed by atoms with Crippen LogP contribution < -0.4 is 9.80 Å². The first-order valence-electron chi connectivity index (χ1n) is 8.49. The molecule has 0 atom stereocenters. The second kappa shape index (κ2) is 7.33. The summed E-state index contributed by atoms with van der Waals surface area (Å²) in [7, 11) is 4.19. The Morgan fingerprint density at radius 1 is 1.16 bits per heavy atom. The third-order valence-electron chi connectivity index (χ3n) is 4.14. The summed E-state index contributed by atoms with van der Waals surface area (Å²) in [6.07, 6.45) is 0. The maximum atomic E-state index is 13.1. The first-order valence-corrected chi connectivity index (χ1v) is 9.31. The molecule has 0 spiro atoms. The maximum absolute atomic E-state index is 13.1. The second-order valence-electron chi connectivity index (χ2n) is 6.71. The first-order chi connectivity index (χ1) is 12.0. The molecule has 0 aliphatic carbocycles. The normalized spacial score (nSPS) is 11.2. The Morgan fingerprint density at radius 3 is 2.56 bits per heavy atom. The van der Waals surface area contributed by atoms with Crippen LogP contribution in [0.4, 0.5) is 5.13 Å². The summed E-state index contributed by atoms with van der Waals surface area (Å²) in [5.74, 6) is 0.00952. The number of quaternary nitrogens is 1. The Kier molecular flexibility index (Phi) is 5.16. The molecule has 5 heteroatoms. The summed E-state index contributed by atoms with van der Waals surface area (Å²) in [6.45, 7) is 5.69. The van der Waals surface area contributed by atoms with Crippen molar-refractivity contribution in [1.82, 2.24) is 4.98 Å². The van der Waals surface area contributed by atoms with Crippen LogP contribution in [0.3, 0.4) is 0 Å². The molecule has 0 radical (unpaired) electrons. The molecule has 1 aromatic heterocycles. The number of hydrogen-bond acceptors (Lipinski definition) is 3. The molecule has 1 heterocycles. The number of thiazole rings is 1. The van der Waals surface area contributed by atoms with E-state index in [4.69, 9.17) is 4.98 Å². The third-order valence-corrected chi connectivity index (χ3v) is 5.37. The van der Waals surface area contributed by atoms with E-state index in [2.05, 4.69) is 40.1 Å². The molecule has 0 unspecified atom stereocenters. The number of likely N-dealkylation sites (N-methyl/N-ethyl adjacent to an activating group) is 1. The number of anilines is 1. The van der Waals surface area contributed by atoms with Crippen LogP contribution in [0.1, 0.15) is 21.5 Å². The lowest BCUT2D eigenvalue weighted by Crippen LogP contribution is -3.06. The molecule has 2 aromatic carbocycles. The monoisotopic (exact) mass is 354 g/mol. The molecule has 0 fully saturated rings. The van der Waals surface area contributed by atoms with Crippen LogP contribution in [0.25, 0.3) is 10.2 Å². The van der Waals surface area contributed by atoms with Crippen molar-refractivity contribution >= 4 is 32.6 Å². The van der Waals surface area contributed by atoms with Crippen LogP contribution in [0.2, 0.25) is 0 Å². The molecule has 0 aliphatic rings. The zero-order valence-corrected chi connectivity index (χ0v) is 16.0. The summed E-state index contributed by atoms with van der Waals surface area (Å²) in [5, 5.41) is 0.777. The van der Waals surface area contributed by atoms with E-state index in [0.717, 1.165) is 21.9 Å². The molecule has 25 heavy (non-hydrogen) atoms. The van der Waals surface area contributed by atoms with Gasteiger partial charge in [-0.3, -0.25) is 9.69 Å². The van der Waals surface area contributed by atoms with E-state index < -0.39 is 0 Å². The molecular formula is C20H24N3OS+. The van der Waals surface area contributed by atoms with Crippen LogP contribution in [-0.4, -0.2) is 38.1 Å². The van der Waals surface area contributed by atoms with Gasteiger partial charge in [0.1, 0.15) is 0 Å². The van der Waals surface area contributed by atoms with Gasteiger partial charge in [0.15, 0.2) is 5.13 Å². The predicted octanol–water partition coefficient (Wildman–Crippen LogP) is 2.70. The molecule has 1 N–H and O–H groups in total. The number of nitrogens with one attached hydrogen (secondary N) is 1. The van der Waals surface area contributed by atoms with Gasteiger partial charge >= 0.3 is 0 Å². The van der Waals surface area contributed by atoms with Crippen molar-refractivity contribution < 1.29 is 9.69 Å². The summed E-state index contributed by atoms with van der Waals surface area (Å²) in [5.41, 5.74) is 4.08. The van der Waals surface area contributed by atoms with Crippen LogP contribution in [0.15, 0.2) is 42.5 Å². The highest BCUT2D eigenvalue weighted by molar-refractivity contribution is 7.22. The van der Waals surface area contributed by atoms with Gasteiger partial charge in [0.2, 0.25) is 0 Å². The van der Waals surface area contributed by atoms with Crippen LogP contribution in [-0.2, 0) is 0 Å². The first kappa shape index (κ1) is 17.6. The molecule has 4 nitrogen and oxygen atoms in total. The number of carbonyl (C=O) groups is 1. The van der Waals surface area contributed by atoms with E-state index in [1.807, 2.05) is 35.2 Å². The van der Waals surface area contributed by atoms with Gasteiger partial charge in [-0.1, -0.05) is 35.6 Å². The van der Waals surface area contributed by atoms with Crippen LogP contribution in [0.5, 0.6) is 0 Å². The summed E-state index contributed by atoms with van der Waals surface area (Å²) in [4.78, 5) is 21.0. The summed E-state index contributed by atoms with van der Waals surface area (Å²) < 4.78 is 1.16. The average Bonchev–Trinajstić information content (AvgIpc) is 2.99.